The number of aromatic nitrogens is 1. The zero-order chi connectivity index (χ0) is 27.5. The standard InChI is InChI=1S/C27H37FN4O4S/c1-16-21(37-15-30-16)18-10-8-17(9-11-18)14-29-23(33)20-19(28)12-13-32(20)24(34)22(26(2,3)4)31-25(35)36-27(5,6)7/h8-11,15,19-20,22H,12-14H2,1-7H3,(H,29,33)(H,31,35)/t19-,20+,22-/m1/s1. The molecule has 1 saturated heterocycles. The van der Waals surface area contributed by atoms with E-state index in [1.807, 2.05) is 31.2 Å². The van der Waals surface area contributed by atoms with Crippen molar-refractivity contribution in [2.24, 2.45) is 5.41 Å². The number of rotatable bonds is 6. The summed E-state index contributed by atoms with van der Waals surface area (Å²) in [5.74, 6) is -1.08. The van der Waals surface area contributed by atoms with Gasteiger partial charge in [-0.2, -0.15) is 0 Å². The van der Waals surface area contributed by atoms with Gasteiger partial charge in [-0.05, 0) is 50.7 Å². The minimum absolute atomic E-state index is 0.0516. The Labute approximate surface area is 222 Å². The van der Waals surface area contributed by atoms with Crippen molar-refractivity contribution in [1.29, 1.82) is 0 Å². The monoisotopic (exact) mass is 532 g/mol. The third-order valence-corrected chi connectivity index (χ3v) is 7.06. The third-order valence-electron chi connectivity index (χ3n) is 6.08. The van der Waals surface area contributed by atoms with Crippen molar-refractivity contribution in [2.45, 2.75) is 85.3 Å². The molecule has 202 valence electrons. The number of halogens is 1. The van der Waals surface area contributed by atoms with Gasteiger partial charge in [0.25, 0.3) is 0 Å². The molecule has 0 aliphatic carbocycles. The predicted octanol–water partition coefficient (Wildman–Crippen LogP) is 4.61. The molecule has 8 nitrogen and oxygen atoms in total. The summed E-state index contributed by atoms with van der Waals surface area (Å²) in [6, 6.07) is 5.46. The Morgan fingerprint density at radius 2 is 1.81 bits per heavy atom. The molecular formula is C27H37FN4O4S. The van der Waals surface area contributed by atoms with E-state index in [0.717, 1.165) is 21.7 Å². The molecule has 3 rings (SSSR count). The number of carbonyl (C=O) groups excluding carboxylic acids is 3. The number of nitrogens with zero attached hydrogens (tertiary/aromatic N) is 2. The van der Waals surface area contributed by atoms with E-state index >= 15 is 0 Å². The number of amides is 3. The summed E-state index contributed by atoms with van der Waals surface area (Å²) in [7, 11) is 0. The van der Waals surface area contributed by atoms with E-state index in [4.69, 9.17) is 4.74 Å². The number of alkyl carbamates (subject to hydrolysis) is 1. The molecule has 2 aromatic rings. The highest BCUT2D eigenvalue weighted by Gasteiger charge is 2.46. The third kappa shape index (κ3) is 7.28. The average Bonchev–Trinajstić information content (AvgIpc) is 3.39. The van der Waals surface area contributed by atoms with Gasteiger partial charge in [0.1, 0.15) is 23.9 Å². The smallest absolute Gasteiger partial charge is 0.408 e. The molecule has 37 heavy (non-hydrogen) atoms. The SMILES string of the molecule is Cc1ncsc1-c1ccc(CNC(=O)[C@@H]2[C@H](F)CCN2C(=O)[C@@H](NC(=O)OC(C)(C)C)C(C)(C)C)cc1. The average molecular weight is 533 g/mol. The molecule has 0 saturated carbocycles. The molecule has 1 aliphatic rings. The van der Waals surface area contributed by atoms with Gasteiger partial charge in [-0.25, -0.2) is 14.2 Å². The van der Waals surface area contributed by atoms with Crippen LogP contribution in [-0.4, -0.2) is 58.2 Å². The maximum absolute atomic E-state index is 14.9. The largest absolute Gasteiger partial charge is 0.444 e. The number of hydrogen-bond acceptors (Lipinski definition) is 6. The van der Waals surface area contributed by atoms with E-state index in [-0.39, 0.29) is 19.5 Å². The molecule has 10 heteroatoms. The fourth-order valence-electron chi connectivity index (χ4n) is 4.19. The van der Waals surface area contributed by atoms with Crippen LogP contribution in [0.3, 0.4) is 0 Å². The van der Waals surface area contributed by atoms with Crippen LogP contribution < -0.4 is 10.6 Å². The molecule has 0 radical (unpaired) electrons. The lowest BCUT2D eigenvalue weighted by Gasteiger charge is -2.35. The molecule has 1 aliphatic heterocycles. The second-order valence-electron chi connectivity index (χ2n) is 11.4. The van der Waals surface area contributed by atoms with Gasteiger partial charge in [0.15, 0.2) is 0 Å². The lowest BCUT2D eigenvalue weighted by molar-refractivity contribution is -0.143. The topological polar surface area (TPSA) is 101 Å². The van der Waals surface area contributed by atoms with E-state index in [0.29, 0.717) is 0 Å². The Kier molecular flexibility index (Phi) is 8.62. The number of likely N-dealkylation sites (tertiary alicyclic amines) is 1. The van der Waals surface area contributed by atoms with Crippen LogP contribution in [0.1, 0.15) is 59.2 Å². The number of alkyl halides is 1. The molecule has 2 heterocycles. The lowest BCUT2D eigenvalue weighted by Crippen LogP contribution is -2.59. The Morgan fingerprint density at radius 1 is 1.16 bits per heavy atom. The summed E-state index contributed by atoms with van der Waals surface area (Å²) in [5, 5.41) is 5.41. The van der Waals surface area contributed by atoms with Crippen molar-refractivity contribution in [3.8, 4) is 10.4 Å². The van der Waals surface area contributed by atoms with Crippen molar-refractivity contribution in [3.63, 3.8) is 0 Å². The summed E-state index contributed by atoms with van der Waals surface area (Å²) in [5.41, 5.74) is 3.21. The number of ether oxygens (including phenoxy) is 1. The van der Waals surface area contributed by atoms with Crippen LogP contribution in [0.2, 0.25) is 0 Å². The number of carbonyl (C=O) groups is 3. The molecule has 3 amide bonds. The Bertz CT molecular complexity index is 1120. The van der Waals surface area contributed by atoms with E-state index in [9.17, 15) is 18.8 Å². The second-order valence-corrected chi connectivity index (χ2v) is 12.3. The van der Waals surface area contributed by atoms with Crippen LogP contribution in [0.4, 0.5) is 9.18 Å². The Balaban J connectivity index is 1.68. The van der Waals surface area contributed by atoms with E-state index < -0.39 is 47.2 Å². The van der Waals surface area contributed by atoms with Crippen LogP contribution in [0.5, 0.6) is 0 Å². The zero-order valence-electron chi connectivity index (χ0n) is 22.6. The highest BCUT2D eigenvalue weighted by atomic mass is 32.1. The maximum Gasteiger partial charge on any atom is 0.408 e. The molecule has 0 unspecified atom stereocenters. The second kappa shape index (κ2) is 11.2. The molecule has 0 bridgehead atoms. The number of aryl methyl sites for hydroxylation is 1. The van der Waals surface area contributed by atoms with Crippen LogP contribution in [0.25, 0.3) is 10.4 Å². The number of nitrogens with one attached hydrogen (secondary N) is 2. The number of benzene rings is 1. The van der Waals surface area contributed by atoms with Crippen LogP contribution >= 0.6 is 11.3 Å². The van der Waals surface area contributed by atoms with Gasteiger partial charge in [-0.3, -0.25) is 9.59 Å². The van der Waals surface area contributed by atoms with Crippen LogP contribution in [-0.2, 0) is 20.9 Å². The molecular weight excluding hydrogens is 495 g/mol. The Morgan fingerprint density at radius 3 is 2.35 bits per heavy atom. The van der Waals surface area contributed by atoms with Gasteiger partial charge < -0.3 is 20.3 Å². The van der Waals surface area contributed by atoms with Crippen LogP contribution in [0, 0.1) is 12.3 Å². The quantitative estimate of drug-likeness (QED) is 0.566. The molecule has 2 N–H and O–H groups in total. The normalized spacial score (nSPS) is 18.9. The van der Waals surface area contributed by atoms with E-state index in [1.165, 1.54) is 4.90 Å². The molecule has 3 atom stereocenters. The molecule has 1 fully saturated rings. The maximum atomic E-state index is 14.9. The van der Waals surface area contributed by atoms with Gasteiger partial charge in [-0.1, -0.05) is 45.0 Å². The highest BCUT2D eigenvalue weighted by molar-refractivity contribution is 7.13. The van der Waals surface area contributed by atoms with Crippen LogP contribution in [0.15, 0.2) is 29.8 Å². The minimum atomic E-state index is -1.50. The molecule has 1 aromatic heterocycles. The first kappa shape index (κ1) is 28.6. The number of thiazole rings is 1. The van der Waals surface area contributed by atoms with Gasteiger partial charge in [0, 0.05) is 13.1 Å². The van der Waals surface area contributed by atoms with Gasteiger partial charge >= 0.3 is 6.09 Å². The van der Waals surface area contributed by atoms with Crippen molar-refractivity contribution in [3.05, 3.63) is 41.0 Å². The van der Waals surface area contributed by atoms with Gasteiger partial charge in [0.05, 0.1) is 16.1 Å². The molecule has 0 spiro atoms. The first-order valence-corrected chi connectivity index (χ1v) is 13.3. The van der Waals surface area contributed by atoms with Gasteiger partial charge in [-0.15, -0.1) is 11.3 Å². The minimum Gasteiger partial charge on any atom is -0.444 e. The summed E-state index contributed by atoms with van der Waals surface area (Å²) in [4.78, 5) is 45.6. The summed E-state index contributed by atoms with van der Waals surface area (Å²) < 4.78 is 20.2. The lowest BCUT2D eigenvalue weighted by atomic mass is 9.85. The first-order valence-electron chi connectivity index (χ1n) is 12.4. The zero-order valence-corrected chi connectivity index (χ0v) is 23.4. The van der Waals surface area contributed by atoms with Crippen molar-refractivity contribution >= 4 is 29.2 Å². The van der Waals surface area contributed by atoms with Crippen molar-refractivity contribution < 1.29 is 23.5 Å². The van der Waals surface area contributed by atoms with E-state index in [2.05, 4.69) is 15.6 Å². The summed E-state index contributed by atoms with van der Waals surface area (Å²) >= 11 is 1.56. The van der Waals surface area contributed by atoms with Crippen molar-refractivity contribution in [1.82, 2.24) is 20.5 Å². The molecule has 1 aromatic carbocycles. The van der Waals surface area contributed by atoms with Crippen molar-refractivity contribution in [2.75, 3.05) is 6.54 Å². The Hall–Kier alpha value is -3.01. The summed E-state index contributed by atoms with van der Waals surface area (Å²) in [6.45, 7) is 12.8. The summed E-state index contributed by atoms with van der Waals surface area (Å²) in [6.07, 6.45) is -2.19. The van der Waals surface area contributed by atoms with Gasteiger partial charge in [0.2, 0.25) is 11.8 Å². The fourth-order valence-corrected chi connectivity index (χ4v) is 5.01. The number of hydrogen-bond donors (Lipinski definition) is 2. The predicted molar refractivity (Wildman–Crippen MR) is 142 cm³/mol. The highest BCUT2D eigenvalue weighted by Crippen LogP contribution is 2.29. The fraction of sp³-hybridized carbons (Fsp3) is 0.556. The van der Waals surface area contributed by atoms with E-state index in [1.54, 1.807) is 58.4 Å². The first-order chi connectivity index (χ1) is 17.2.